The van der Waals surface area contributed by atoms with Gasteiger partial charge in [0, 0.05) is 177 Å². The van der Waals surface area contributed by atoms with Crippen molar-refractivity contribution in [1.82, 2.24) is 86.9 Å². The number of fused-ring (bicyclic) bond motifs is 4. The fourth-order valence-corrected chi connectivity index (χ4v) is 20.5. The molecule has 0 bridgehead atoms. The minimum atomic E-state index is -4.02. The highest BCUT2D eigenvalue weighted by Gasteiger charge is 2.37. The molecular formula is C104H148N18O17S3. The number of carbonyl (C=O) groups excluding carboxylic acids is 7. The zero-order valence-corrected chi connectivity index (χ0v) is 89.0. The van der Waals surface area contributed by atoms with Crippen LogP contribution in [-0.2, 0) is 117 Å². The maximum atomic E-state index is 13.9. The third kappa shape index (κ3) is 34.1. The molecule has 0 spiro atoms. The highest BCUT2D eigenvalue weighted by atomic mass is 32.2. The normalized spacial score (nSPS) is 12.6. The summed E-state index contributed by atoms with van der Waals surface area (Å²) in [4.78, 5) is 115. The number of sulfonamides is 3. The topological polar surface area (TPSA) is 405 Å². The van der Waals surface area contributed by atoms with Crippen LogP contribution in [0.4, 0.5) is 0 Å². The number of carbonyl (C=O) groups is 7. The molecule has 0 aliphatic heterocycles. The quantitative estimate of drug-likeness (QED) is 0.0298. The average molecular weight is 2020 g/mol. The molecule has 774 valence electrons. The highest BCUT2D eigenvalue weighted by molar-refractivity contribution is 7.90. The monoisotopic (exact) mass is 2020 g/mol. The lowest BCUT2D eigenvalue weighted by molar-refractivity contribution is -0.146. The predicted molar refractivity (Wildman–Crippen MR) is 549 cm³/mol. The van der Waals surface area contributed by atoms with Crippen molar-refractivity contribution < 1.29 is 76.5 Å². The summed E-state index contributed by atoms with van der Waals surface area (Å²) in [6.07, 6.45) is 19.8. The van der Waals surface area contributed by atoms with Gasteiger partial charge < -0.3 is 66.1 Å². The van der Waals surface area contributed by atoms with Crippen molar-refractivity contribution in [2.24, 2.45) is 68.5 Å². The van der Waals surface area contributed by atoms with Crippen LogP contribution in [0.15, 0.2) is 204 Å². The summed E-state index contributed by atoms with van der Waals surface area (Å²) >= 11 is 0. The van der Waals surface area contributed by atoms with E-state index in [1.807, 2.05) is 144 Å². The number of nitrogens with zero attached hydrogens (tertiary/aromatic N) is 15. The van der Waals surface area contributed by atoms with Crippen molar-refractivity contribution in [3.63, 3.8) is 0 Å². The molecule has 1 unspecified atom stereocenters. The van der Waals surface area contributed by atoms with Crippen molar-refractivity contribution in [3.05, 3.63) is 200 Å². The Hall–Kier alpha value is -12.1. The van der Waals surface area contributed by atoms with Gasteiger partial charge in [0.25, 0.3) is 0 Å². The summed E-state index contributed by atoms with van der Waals surface area (Å²) in [6, 6.07) is 26.2. The highest BCUT2D eigenvalue weighted by Crippen LogP contribution is 2.29. The van der Waals surface area contributed by atoms with Crippen LogP contribution in [0.3, 0.4) is 0 Å². The molecule has 38 heteroatoms. The molecule has 7 amide bonds. The maximum Gasteiger partial charge on any atom is 0.245 e. The van der Waals surface area contributed by atoms with E-state index in [2.05, 4.69) is 62.5 Å². The number of benzene rings is 4. The number of aromatic nitrogens is 8. The number of unbranched alkanes of at least 4 members (excludes halogenated alkanes) is 1. The molecule has 3 N–H and O–H groups in total. The molecule has 0 saturated carbocycles. The van der Waals surface area contributed by atoms with E-state index in [9.17, 15) is 58.8 Å². The zero-order chi connectivity index (χ0) is 104. The minimum absolute atomic E-state index is 0.00179. The summed E-state index contributed by atoms with van der Waals surface area (Å²) in [6.45, 7) is 43.6. The van der Waals surface area contributed by atoms with Crippen LogP contribution in [0.2, 0.25) is 0 Å². The van der Waals surface area contributed by atoms with E-state index in [-0.39, 0.29) is 124 Å². The molecule has 35 nitrogen and oxygen atoms in total. The van der Waals surface area contributed by atoms with Crippen molar-refractivity contribution in [2.45, 2.75) is 223 Å². The number of hydrogen-bond acceptors (Lipinski definition) is 21. The molecule has 8 heterocycles. The number of nitrogens with one attached hydrogen (secondary N) is 3. The second-order valence-corrected chi connectivity index (χ2v) is 45.3. The number of rotatable bonds is 48. The fraction of sp³-hybridized carbons (Fsp3) is 0.510. The van der Waals surface area contributed by atoms with Gasteiger partial charge in [-0.3, -0.25) is 38.2 Å². The summed E-state index contributed by atoms with van der Waals surface area (Å²) in [7, 11) is -6.39. The average Bonchev–Trinajstić information content (AvgIpc) is 1.59. The lowest BCUT2D eigenvalue weighted by Gasteiger charge is -2.36. The van der Waals surface area contributed by atoms with Crippen molar-refractivity contribution in [3.8, 4) is 0 Å². The Morgan fingerprint density at radius 1 is 0.451 bits per heavy atom. The summed E-state index contributed by atoms with van der Waals surface area (Å²) in [5.41, 5.74) is 6.27. The van der Waals surface area contributed by atoms with Gasteiger partial charge in [0.05, 0.1) is 77.7 Å². The Labute approximate surface area is 837 Å². The Morgan fingerprint density at radius 3 is 1.32 bits per heavy atom. The maximum absolute atomic E-state index is 13.9. The summed E-state index contributed by atoms with van der Waals surface area (Å²) < 4.78 is 116. The molecule has 0 aliphatic carbocycles. The number of furan rings is 4. The molecular weight excluding hydrogens is 1870 g/mol. The van der Waals surface area contributed by atoms with Crippen LogP contribution in [0.5, 0.6) is 0 Å². The molecule has 0 fully saturated rings. The number of imidazole rings is 3. The first-order valence-corrected chi connectivity index (χ1v) is 53.2. The van der Waals surface area contributed by atoms with Gasteiger partial charge in [0.2, 0.25) is 71.4 Å². The number of amides is 7. The van der Waals surface area contributed by atoms with Crippen LogP contribution in [0.25, 0.3) is 43.9 Å². The molecule has 0 radical (unpaired) electrons. The second-order valence-electron chi connectivity index (χ2n) is 40.0. The fourth-order valence-electron chi connectivity index (χ4n) is 16.6. The van der Waals surface area contributed by atoms with E-state index in [4.69, 9.17) is 17.7 Å². The van der Waals surface area contributed by atoms with Gasteiger partial charge in [-0.2, -0.15) is 18.8 Å². The third-order valence-corrected chi connectivity index (χ3v) is 28.0. The van der Waals surface area contributed by atoms with Crippen molar-refractivity contribution in [1.29, 1.82) is 0 Å². The Morgan fingerprint density at radius 2 is 0.901 bits per heavy atom. The molecule has 0 aliphatic rings. The van der Waals surface area contributed by atoms with Crippen molar-refractivity contribution >= 4 is 115 Å². The van der Waals surface area contributed by atoms with E-state index in [0.29, 0.717) is 148 Å². The van der Waals surface area contributed by atoms with Crippen LogP contribution < -0.4 is 14.8 Å². The Kier molecular flexibility index (Phi) is 42.2. The van der Waals surface area contributed by atoms with E-state index in [0.717, 1.165) is 33.6 Å². The third-order valence-electron chi connectivity index (χ3n) is 23.3. The standard InChI is InChI=1S/C30H45N5O5S.C26H36N4O3.C25H35N5O5S.C23H32N4O4S/c1-21(2)18-35(19-22(3)4)30(37)28(32-41(38,39)27-11-12-29-25(17-27)13-15-40-29)10-8-9-14-34(24(6)36)20-26-16-23(5)33(7)31-26;1-18(2)14-29(15-19(3)4)26(32)24(12-23-13-27-17-28(23)6)30(20(5)31)16-21-7-8-25-22(11-21)9-10-33-25;1-18(2)14-30(15-19(3)4)25(32)22(7-9-27-24(31)16-29-11-10-26-17-29)28-36(33,34)21-5-6-23-20(13-21)8-12-35-23;1-17(2)13-26(14-18(3)4)23(28)16-27(15-22-24-9-10-25(22)5)32(29,30)20-6-7-21-19(12-20)8-11-31-21/h11-13,15-17,21-22,28,32H,8-10,14,18-20H2,1-7H3;7-11,13,17-19,24H,12,14-16H2,1-6H3;5-6,8,10-13,17-19,22,28H,7,9,14-16H2,1-4H3,(H,27,31);6-12,17-18H,13-16H2,1-5H3/t;24-;22-;/m.00./s1. The molecule has 8 aromatic heterocycles. The summed E-state index contributed by atoms with van der Waals surface area (Å²) in [5.74, 6) is 1.46. The molecule has 12 aromatic rings. The van der Waals surface area contributed by atoms with Gasteiger partial charge in [-0.15, -0.1) is 0 Å². The Balaban J connectivity index is 0.000000212. The van der Waals surface area contributed by atoms with Gasteiger partial charge in [0.15, 0.2) is 0 Å². The lowest BCUT2D eigenvalue weighted by atomic mass is 10.0. The summed E-state index contributed by atoms with van der Waals surface area (Å²) in [5, 5.41) is 10.2. The molecule has 4 aromatic carbocycles. The van der Waals surface area contributed by atoms with Gasteiger partial charge >= 0.3 is 0 Å². The van der Waals surface area contributed by atoms with Crippen LogP contribution in [0, 0.1) is 54.3 Å². The largest absolute Gasteiger partial charge is 0.464 e. The minimum Gasteiger partial charge on any atom is -0.464 e. The van der Waals surface area contributed by atoms with Gasteiger partial charge in [-0.25, -0.2) is 40.2 Å². The zero-order valence-electron chi connectivity index (χ0n) is 86.5. The van der Waals surface area contributed by atoms with E-state index in [1.165, 1.54) is 67.5 Å². The smallest absolute Gasteiger partial charge is 0.245 e. The van der Waals surface area contributed by atoms with Crippen LogP contribution >= 0.6 is 0 Å². The van der Waals surface area contributed by atoms with Crippen LogP contribution in [0.1, 0.15) is 179 Å². The molecule has 3 atom stereocenters. The molecule has 0 saturated heterocycles. The van der Waals surface area contributed by atoms with Crippen LogP contribution in [-0.4, -0.2) is 229 Å². The lowest BCUT2D eigenvalue weighted by Crippen LogP contribution is -2.52. The van der Waals surface area contributed by atoms with E-state index < -0.39 is 48.2 Å². The predicted octanol–water partition coefficient (Wildman–Crippen LogP) is 14.9. The SMILES string of the molecule is CC(=O)N(CCCCC(NS(=O)(=O)c1ccc2occc2c1)C(=O)N(CC(C)C)CC(C)C)Cc1cc(C)n(C)n1.CC(=O)N(Cc1ccc2occc2c1)[C@@H](Cc1cncn1C)C(=O)N(CC(C)C)CC(C)C.CC(C)CN(CC(C)C)C(=O)CN(Cc1nccn1C)S(=O)(=O)c1ccc2occc2c1.CC(C)CN(CC(C)C)C(=O)[C@H](CCNC(=O)Cn1ccnc1)NS(=O)(=O)c1ccc2occc2c1. The first-order valence-electron chi connectivity index (χ1n) is 48.8. The molecule has 12 rings (SSSR count). The first-order chi connectivity index (χ1) is 67.0. The molecule has 142 heavy (non-hydrogen) atoms. The number of aryl methyl sites for hydroxylation is 4. The Bertz CT molecular complexity index is 6400. The van der Waals surface area contributed by atoms with Gasteiger partial charge in [0.1, 0.15) is 52.8 Å². The van der Waals surface area contributed by atoms with E-state index >= 15 is 0 Å². The van der Waals surface area contributed by atoms with E-state index in [1.54, 1.807) is 137 Å². The first kappa shape index (κ1) is 113. The van der Waals surface area contributed by atoms with Gasteiger partial charge in [-0.05, 0) is 183 Å². The number of hydrogen-bond donors (Lipinski definition) is 3. The van der Waals surface area contributed by atoms with Gasteiger partial charge in [-0.1, -0.05) is 117 Å². The van der Waals surface area contributed by atoms with Crippen molar-refractivity contribution in [2.75, 3.05) is 72.0 Å². The second kappa shape index (κ2) is 52.8.